The van der Waals surface area contributed by atoms with E-state index >= 15 is 0 Å². The molecule has 0 spiro atoms. The van der Waals surface area contributed by atoms with Crippen LogP contribution in [0.3, 0.4) is 0 Å². The Kier molecular flexibility index (Phi) is 4.51. The first-order chi connectivity index (χ1) is 10.1. The van der Waals surface area contributed by atoms with Gasteiger partial charge in [0.2, 0.25) is 5.95 Å². The quantitative estimate of drug-likeness (QED) is 0.487. The molecule has 2 aromatic rings. The molecule has 6 N–H and O–H groups in total. The monoisotopic (exact) mass is 310 g/mol. The predicted molar refractivity (Wildman–Crippen MR) is 82.1 cm³/mol. The second-order valence-corrected chi connectivity index (χ2v) is 4.36. The fraction of sp³-hybridized carbons (Fsp3) is 0.167. The Labute approximate surface area is 126 Å². The normalized spacial score (nSPS) is 10.1. The maximum Gasteiger partial charge on any atom is 0.223 e. The maximum atomic E-state index is 6.05. The lowest BCUT2D eigenvalue weighted by atomic mass is 10.2. The van der Waals surface area contributed by atoms with Crippen molar-refractivity contribution in [2.45, 2.75) is 0 Å². The van der Waals surface area contributed by atoms with E-state index in [1.165, 1.54) is 14.2 Å². The van der Waals surface area contributed by atoms with Crippen molar-refractivity contribution in [2.24, 2.45) is 5.84 Å². The number of nitrogen functional groups attached to an aromatic ring is 2. The number of nitrogens with one attached hydrogen (secondary N) is 2. The topological polar surface area (TPSA) is 120 Å². The van der Waals surface area contributed by atoms with E-state index in [1.807, 2.05) is 0 Å². The van der Waals surface area contributed by atoms with Crippen LogP contribution in [-0.4, -0.2) is 24.2 Å². The maximum absolute atomic E-state index is 6.05. The summed E-state index contributed by atoms with van der Waals surface area (Å²) in [5.41, 5.74) is 8.62. The summed E-state index contributed by atoms with van der Waals surface area (Å²) in [4.78, 5) is 7.96. The Bertz CT molecular complexity index is 652. The second kappa shape index (κ2) is 6.33. The van der Waals surface area contributed by atoms with Crippen LogP contribution in [0.1, 0.15) is 0 Å². The molecule has 0 atom stereocenters. The van der Waals surface area contributed by atoms with Crippen LogP contribution in [0.25, 0.3) is 0 Å². The zero-order chi connectivity index (χ0) is 15.4. The van der Waals surface area contributed by atoms with Crippen molar-refractivity contribution >= 4 is 34.9 Å². The lowest BCUT2D eigenvalue weighted by Gasteiger charge is -2.14. The largest absolute Gasteiger partial charge is 0.495 e. The van der Waals surface area contributed by atoms with E-state index < -0.39 is 0 Å². The zero-order valence-electron chi connectivity index (χ0n) is 11.5. The summed E-state index contributed by atoms with van der Waals surface area (Å²) < 4.78 is 10.4. The van der Waals surface area contributed by atoms with Crippen LogP contribution in [0.5, 0.6) is 11.5 Å². The number of nitrogens with two attached hydrogens (primary N) is 2. The molecule has 0 radical (unpaired) electrons. The van der Waals surface area contributed by atoms with E-state index in [-0.39, 0.29) is 5.95 Å². The summed E-state index contributed by atoms with van der Waals surface area (Å²) in [6.45, 7) is 0. The molecule has 0 unspecified atom stereocenters. The number of hydrogen-bond donors (Lipinski definition) is 4. The third kappa shape index (κ3) is 3.36. The highest BCUT2D eigenvalue weighted by molar-refractivity contribution is 6.32. The summed E-state index contributed by atoms with van der Waals surface area (Å²) in [5.74, 6) is 7.24. The Morgan fingerprint density at radius 1 is 1.05 bits per heavy atom. The highest BCUT2D eigenvalue weighted by Crippen LogP contribution is 2.37. The van der Waals surface area contributed by atoms with Crippen LogP contribution in [0, 0.1) is 0 Å². The lowest BCUT2D eigenvalue weighted by molar-refractivity contribution is 0.405. The van der Waals surface area contributed by atoms with Gasteiger partial charge in [0.1, 0.15) is 23.1 Å². The van der Waals surface area contributed by atoms with Gasteiger partial charge in [-0.1, -0.05) is 11.6 Å². The molecule has 0 fully saturated rings. The smallest absolute Gasteiger partial charge is 0.223 e. The van der Waals surface area contributed by atoms with Crippen LogP contribution < -0.4 is 31.8 Å². The number of benzene rings is 1. The zero-order valence-corrected chi connectivity index (χ0v) is 12.2. The first kappa shape index (κ1) is 14.9. The van der Waals surface area contributed by atoms with Gasteiger partial charge in [-0.25, -0.2) is 5.84 Å². The third-order valence-electron chi connectivity index (χ3n) is 2.63. The highest BCUT2D eigenvalue weighted by atomic mass is 35.5. The van der Waals surface area contributed by atoms with Crippen molar-refractivity contribution in [3.05, 3.63) is 23.2 Å². The Morgan fingerprint density at radius 3 is 2.33 bits per heavy atom. The molecule has 2 rings (SSSR count). The summed E-state index contributed by atoms with van der Waals surface area (Å²) in [6.07, 6.45) is 0. The molecule has 112 valence electrons. The van der Waals surface area contributed by atoms with E-state index in [4.69, 9.17) is 32.7 Å². The Balaban J connectivity index is 2.40. The fourth-order valence-corrected chi connectivity index (χ4v) is 1.93. The van der Waals surface area contributed by atoms with Crippen LogP contribution in [0.4, 0.5) is 23.3 Å². The van der Waals surface area contributed by atoms with Crippen LogP contribution >= 0.6 is 11.6 Å². The van der Waals surface area contributed by atoms with Crippen molar-refractivity contribution in [2.75, 3.05) is 30.7 Å². The minimum Gasteiger partial charge on any atom is -0.495 e. The number of anilines is 4. The van der Waals surface area contributed by atoms with Gasteiger partial charge in [-0.3, -0.25) is 0 Å². The summed E-state index contributed by atoms with van der Waals surface area (Å²) in [6, 6.07) is 4.92. The first-order valence-electron chi connectivity index (χ1n) is 5.87. The van der Waals surface area contributed by atoms with Crippen molar-refractivity contribution < 1.29 is 9.47 Å². The molecule has 8 nitrogen and oxygen atoms in total. The van der Waals surface area contributed by atoms with Gasteiger partial charge in [0, 0.05) is 18.2 Å². The lowest BCUT2D eigenvalue weighted by Crippen LogP contribution is -2.11. The highest BCUT2D eigenvalue weighted by Gasteiger charge is 2.11. The first-order valence-corrected chi connectivity index (χ1v) is 6.25. The van der Waals surface area contributed by atoms with Crippen LogP contribution in [0.15, 0.2) is 18.2 Å². The molecule has 1 heterocycles. The van der Waals surface area contributed by atoms with Crippen molar-refractivity contribution in [1.29, 1.82) is 0 Å². The molecule has 0 saturated carbocycles. The summed E-state index contributed by atoms with van der Waals surface area (Å²) in [7, 11) is 3.06. The summed E-state index contributed by atoms with van der Waals surface area (Å²) in [5, 5.41) is 3.49. The average Bonchev–Trinajstić information content (AvgIpc) is 2.47. The molecule has 0 aliphatic carbocycles. The van der Waals surface area contributed by atoms with E-state index in [0.29, 0.717) is 33.8 Å². The average molecular weight is 311 g/mol. The predicted octanol–water partition coefficient (Wildman–Crippen LogP) is 1.76. The van der Waals surface area contributed by atoms with Crippen LogP contribution in [-0.2, 0) is 0 Å². The fourth-order valence-electron chi connectivity index (χ4n) is 1.70. The van der Waals surface area contributed by atoms with Crippen molar-refractivity contribution in [1.82, 2.24) is 9.97 Å². The Morgan fingerprint density at radius 2 is 1.71 bits per heavy atom. The van der Waals surface area contributed by atoms with E-state index in [9.17, 15) is 0 Å². The van der Waals surface area contributed by atoms with Gasteiger partial charge >= 0.3 is 0 Å². The number of methoxy groups -OCH3 is 2. The van der Waals surface area contributed by atoms with Gasteiger partial charge in [0.15, 0.2) is 0 Å². The number of ether oxygens (including phenoxy) is 2. The molecule has 1 aromatic carbocycles. The van der Waals surface area contributed by atoms with Gasteiger partial charge in [-0.05, 0) is 0 Å². The molecule has 0 saturated heterocycles. The molecular formula is C12H15ClN6O2. The SMILES string of the molecule is COc1cc(Nc2cc(NN)nc(N)n2)c(OC)cc1Cl. The number of hydrogen-bond acceptors (Lipinski definition) is 8. The molecule has 0 amide bonds. The molecular weight excluding hydrogens is 296 g/mol. The number of rotatable bonds is 5. The van der Waals surface area contributed by atoms with Gasteiger partial charge in [-0.15, -0.1) is 0 Å². The number of nitrogens with zero attached hydrogens (tertiary/aromatic N) is 2. The second-order valence-electron chi connectivity index (χ2n) is 3.95. The molecule has 0 aliphatic rings. The minimum atomic E-state index is 0.0767. The van der Waals surface area contributed by atoms with Gasteiger partial charge in [-0.2, -0.15) is 9.97 Å². The minimum absolute atomic E-state index is 0.0767. The third-order valence-corrected chi connectivity index (χ3v) is 2.92. The molecule has 1 aromatic heterocycles. The van der Waals surface area contributed by atoms with E-state index in [2.05, 4.69) is 20.7 Å². The van der Waals surface area contributed by atoms with Crippen molar-refractivity contribution in [3.8, 4) is 11.5 Å². The van der Waals surface area contributed by atoms with Gasteiger partial charge in [0.05, 0.1) is 24.9 Å². The number of hydrazine groups is 1. The van der Waals surface area contributed by atoms with E-state index in [1.54, 1.807) is 18.2 Å². The standard InChI is InChI=1S/C12H15ClN6O2/c1-20-8-4-7(9(21-2)3-6(8)13)16-10-5-11(19-15)18-12(14)17-10/h3-5H,15H2,1-2H3,(H4,14,16,17,18,19). The molecule has 0 bridgehead atoms. The molecule has 0 aliphatic heterocycles. The molecule has 9 heteroatoms. The summed E-state index contributed by atoms with van der Waals surface area (Å²) >= 11 is 6.05. The Hall–Kier alpha value is -2.45. The van der Waals surface area contributed by atoms with Gasteiger partial charge < -0.3 is 25.9 Å². The molecule has 21 heavy (non-hydrogen) atoms. The number of halogens is 1. The van der Waals surface area contributed by atoms with Gasteiger partial charge in [0.25, 0.3) is 0 Å². The van der Waals surface area contributed by atoms with E-state index in [0.717, 1.165) is 0 Å². The van der Waals surface area contributed by atoms with Crippen molar-refractivity contribution in [3.63, 3.8) is 0 Å². The number of aromatic nitrogens is 2. The van der Waals surface area contributed by atoms with Crippen LogP contribution in [0.2, 0.25) is 5.02 Å².